The first kappa shape index (κ1) is 11.4. The first-order chi connectivity index (χ1) is 7.88. The van der Waals surface area contributed by atoms with Gasteiger partial charge in [-0.15, -0.1) is 0 Å². The van der Waals surface area contributed by atoms with Crippen LogP contribution in [0.4, 0.5) is 18.0 Å². The van der Waals surface area contributed by atoms with Crippen molar-refractivity contribution >= 4 is 16.9 Å². The van der Waals surface area contributed by atoms with Crippen LogP contribution in [0.1, 0.15) is 5.56 Å². The average Bonchev–Trinajstić information content (AvgIpc) is 2.55. The highest BCUT2D eigenvalue weighted by molar-refractivity contribution is 5.92. The van der Waals surface area contributed by atoms with E-state index in [2.05, 4.69) is 4.98 Å². The Kier molecular flexibility index (Phi) is 2.53. The van der Waals surface area contributed by atoms with Gasteiger partial charge in [0.25, 0.3) is 0 Å². The van der Waals surface area contributed by atoms with E-state index in [9.17, 15) is 18.0 Å². The number of aromatic nitrogens is 2. The first-order valence-electron chi connectivity index (χ1n) is 4.69. The van der Waals surface area contributed by atoms with Crippen molar-refractivity contribution in [1.82, 2.24) is 9.55 Å². The maximum Gasteiger partial charge on any atom is 0.393 e. The van der Waals surface area contributed by atoms with Crippen LogP contribution in [0.3, 0.4) is 0 Å². The first-order valence-corrected chi connectivity index (χ1v) is 4.69. The second kappa shape index (κ2) is 3.76. The second-order valence-corrected chi connectivity index (χ2v) is 3.55. The van der Waals surface area contributed by atoms with Crippen LogP contribution >= 0.6 is 0 Å². The summed E-state index contributed by atoms with van der Waals surface area (Å²) in [6.45, 7) is 0. The van der Waals surface area contributed by atoms with Gasteiger partial charge < -0.3 is 5.73 Å². The van der Waals surface area contributed by atoms with Gasteiger partial charge in [-0.1, -0.05) is 0 Å². The molecule has 0 aliphatic heterocycles. The molecule has 0 unspecified atom stereocenters. The van der Waals surface area contributed by atoms with Crippen molar-refractivity contribution in [1.29, 1.82) is 0 Å². The number of carbonyl (C=O) groups excluding carboxylic acids is 1. The third kappa shape index (κ3) is 2.22. The largest absolute Gasteiger partial charge is 0.393 e. The topological polar surface area (TPSA) is 60.9 Å². The zero-order chi connectivity index (χ0) is 12.6. The third-order valence-electron chi connectivity index (χ3n) is 2.32. The Labute approximate surface area is 93.8 Å². The molecule has 90 valence electrons. The number of pyridine rings is 1. The van der Waals surface area contributed by atoms with Crippen molar-refractivity contribution < 1.29 is 18.0 Å². The Morgan fingerprint density at radius 1 is 1.47 bits per heavy atom. The Balaban J connectivity index is 2.61. The SMILES string of the molecule is NC(=O)n1cc(CC(F)(F)F)c2cnccc21. The van der Waals surface area contributed by atoms with E-state index in [-0.39, 0.29) is 10.9 Å². The molecule has 2 aromatic heterocycles. The highest BCUT2D eigenvalue weighted by Crippen LogP contribution is 2.27. The number of carbonyl (C=O) groups is 1. The van der Waals surface area contributed by atoms with Crippen molar-refractivity contribution in [2.45, 2.75) is 12.6 Å². The lowest BCUT2D eigenvalue weighted by molar-refractivity contribution is -0.127. The third-order valence-corrected chi connectivity index (χ3v) is 2.32. The van der Waals surface area contributed by atoms with Crippen LogP contribution in [0.2, 0.25) is 0 Å². The van der Waals surface area contributed by atoms with Crippen LogP contribution in [0.5, 0.6) is 0 Å². The maximum absolute atomic E-state index is 12.3. The minimum Gasteiger partial charge on any atom is -0.351 e. The Morgan fingerprint density at radius 2 is 2.18 bits per heavy atom. The summed E-state index contributed by atoms with van der Waals surface area (Å²) in [5, 5.41) is 0.281. The van der Waals surface area contributed by atoms with E-state index >= 15 is 0 Å². The molecule has 7 heteroatoms. The van der Waals surface area contributed by atoms with Crippen molar-refractivity contribution in [3.8, 4) is 0 Å². The molecule has 2 N–H and O–H groups in total. The Bertz CT molecular complexity index is 574. The molecule has 0 bridgehead atoms. The summed E-state index contributed by atoms with van der Waals surface area (Å²) < 4.78 is 38.0. The van der Waals surface area contributed by atoms with E-state index < -0.39 is 18.6 Å². The molecule has 0 aliphatic rings. The normalized spacial score (nSPS) is 11.9. The van der Waals surface area contributed by atoms with E-state index in [4.69, 9.17) is 5.73 Å². The number of alkyl halides is 3. The number of hydrogen-bond acceptors (Lipinski definition) is 2. The molecular formula is C10H8F3N3O. The molecule has 0 radical (unpaired) electrons. The molecule has 0 aliphatic carbocycles. The molecule has 2 rings (SSSR count). The van der Waals surface area contributed by atoms with Gasteiger partial charge in [-0.2, -0.15) is 13.2 Å². The van der Waals surface area contributed by atoms with Gasteiger partial charge in [-0.05, 0) is 11.6 Å². The van der Waals surface area contributed by atoms with Crippen LogP contribution in [-0.4, -0.2) is 21.8 Å². The van der Waals surface area contributed by atoms with Gasteiger partial charge in [0, 0.05) is 24.0 Å². The van der Waals surface area contributed by atoms with Gasteiger partial charge in [0.15, 0.2) is 0 Å². The van der Waals surface area contributed by atoms with E-state index in [0.717, 1.165) is 10.8 Å². The average molecular weight is 243 g/mol. The number of hydrogen-bond donors (Lipinski definition) is 1. The maximum atomic E-state index is 12.3. The fourth-order valence-corrected chi connectivity index (χ4v) is 1.68. The summed E-state index contributed by atoms with van der Waals surface area (Å²) in [4.78, 5) is 14.8. The van der Waals surface area contributed by atoms with Gasteiger partial charge in [-0.25, -0.2) is 4.79 Å². The predicted molar refractivity (Wildman–Crippen MR) is 54.5 cm³/mol. The molecule has 2 heterocycles. The molecule has 2 aromatic rings. The van der Waals surface area contributed by atoms with E-state index in [1.807, 2.05) is 0 Å². The fraction of sp³-hybridized carbons (Fsp3) is 0.200. The molecule has 17 heavy (non-hydrogen) atoms. The minimum atomic E-state index is -4.34. The molecule has 0 atom stereocenters. The molecule has 0 saturated carbocycles. The molecule has 0 fully saturated rings. The smallest absolute Gasteiger partial charge is 0.351 e. The van der Waals surface area contributed by atoms with Crippen LogP contribution in [0.25, 0.3) is 10.9 Å². The van der Waals surface area contributed by atoms with E-state index in [1.165, 1.54) is 18.5 Å². The summed E-state index contributed by atoms with van der Waals surface area (Å²) >= 11 is 0. The number of primary amides is 1. The monoisotopic (exact) mass is 243 g/mol. The molecule has 0 aromatic carbocycles. The Morgan fingerprint density at radius 3 is 2.76 bits per heavy atom. The standard InChI is InChI=1S/C10H8F3N3O/c11-10(12,13)3-6-5-16(9(14)17)8-1-2-15-4-7(6)8/h1-2,4-5H,3H2,(H2,14,17). The van der Waals surface area contributed by atoms with Gasteiger partial charge in [0.1, 0.15) is 0 Å². The van der Waals surface area contributed by atoms with E-state index in [1.54, 1.807) is 0 Å². The van der Waals surface area contributed by atoms with Crippen molar-refractivity contribution in [3.63, 3.8) is 0 Å². The molecule has 4 nitrogen and oxygen atoms in total. The second-order valence-electron chi connectivity index (χ2n) is 3.55. The number of fused-ring (bicyclic) bond motifs is 1. The summed E-state index contributed by atoms with van der Waals surface area (Å²) in [6.07, 6.45) is -1.68. The molecular weight excluding hydrogens is 235 g/mol. The zero-order valence-electron chi connectivity index (χ0n) is 8.53. The molecule has 0 saturated heterocycles. The lowest BCUT2D eigenvalue weighted by atomic mass is 10.1. The van der Waals surface area contributed by atoms with E-state index in [0.29, 0.717) is 5.52 Å². The quantitative estimate of drug-likeness (QED) is 0.833. The van der Waals surface area contributed by atoms with Gasteiger partial charge in [-0.3, -0.25) is 9.55 Å². The lowest BCUT2D eigenvalue weighted by Crippen LogP contribution is -2.18. The molecule has 1 amide bonds. The Hall–Kier alpha value is -2.05. The summed E-state index contributed by atoms with van der Waals surface area (Å²) in [7, 11) is 0. The lowest BCUT2D eigenvalue weighted by Gasteiger charge is -2.03. The predicted octanol–water partition coefficient (Wildman–Crippen LogP) is 2.07. The van der Waals surface area contributed by atoms with Crippen LogP contribution in [-0.2, 0) is 6.42 Å². The highest BCUT2D eigenvalue weighted by Gasteiger charge is 2.29. The van der Waals surface area contributed by atoms with Gasteiger partial charge in [0.05, 0.1) is 11.9 Å². The number of halogens is 3. The van der Waals surface area contributed by atoms with Crippen molar-refractivity contribution in [3.05, 3.63) is 30.2 Å². The molecule has 0 spiro atoms. The number of nitrogens with two attached hydrogens (primary N) is 1. The number of nitrogens with zero attached hydrogens (tertiary/aromatic N) is 2. The van der Waals surface area contributed by atoms with Gasteiger partial charge >= 0.3 is 12.2 Å². The van der Waals surface area contributed by atoms with Crippen molar-refractivity contribution in [2.75, 3.05) is 0 Å². The van der Waals surface area contributed by atoms with Gasteiger partial charge in [0.2, 0.25) is 0 Å². The van der Waals surface area contributed by atoms with Crippen molar-refractivity contribution in [2.24, 2.45) is 5.73 Å². The summed E-state index contributed by atoms with van der Waals surface area (Å²) in [6, 6.07) is 0.620. The highest BCUT2D eigenvalue weighted by atomic mass is 19.4. The fourth-order valence-electron chi connectivity index (χ4n) is 1.68. The van der Waals surface area contributed by atoms with Crippen LogP contribution < -0.4 is 5.73 Å². The summed E-state index contributed by atoms with van der Waals surface area (Å²) in [5.41, 5.74) is 5.39. The number of rotatable bonds is 1. The minimum absolute atomic E-state index is 0.0144. The zero-order valence-corrected chi connectivity index (χ0v) is 8.53. The van der Waals surface area contributed by atoms with Crippen LogP contribution in [0, 0.1) is 0 Å². The van der Waals surface area contributed by atoms with Crippen LogP contribution in [0.15, 0.2) is 24.7 Å². The summed E-state index contributed by atoms with van der Waals surface area (Å²) in [5.74, 6) is 0. The number of amides is 1.